The van der Waals surface area contributed by atoms with Gasteiger partial charge in [0, 0.05) is 27.8 Å². The van der Waals surface area contributed by atoms with Crippen molar-refractivity contribution in [2.45, 2.75) is 6.42 Å². The summed E-state index contributed by atoms with van der Waals surface area (Å²) in [6, 6.07) is 12.6. The van der Waals surface area contributed by atoms with Crippen molar-refractivity contribution in [1.82, 2.24) is 4.90 Å². The predicted octanol–water partition coefficient (Wildman–Crippen LogP) is 4.35. The van der Waals surface area contributed by atoms with Gasteiger partial charge in [-0.2, -0.15) is 0 Å². The standard InChI is InChI=1S/C17H18Cl2N2O/c1-21(2)8-7-12-3-5-16(6-4-12)20-17(22)13-9-14(18)11-15(19)10-13/h3-6,9-11H,7-8H2,1-2H3,(H,20,22). The second-order valence-corrected chi connectivity index (χ2v) is 6.24. The number of hydrogen-bond acceptors (Lipinski definition) is 2. The van der Waals surface area contributed by atoms with Gasteiger partial charge in [-0.3, -0.25) is 4.79 Å². The van der Waals surface area contributed by atoms with Crippen LogP contribution in [0.2, 0.25) is 10.0 Å². The highest BCUT2D eigenvalue weighted by atomic mass is 35.5. The molecule has 0 aromatic heterocycles. The van der Waals surface area contributed by atoms with Crippen LogP contribution in [0.4, 0.5) is 5.69 Å². The van der Waals surface area contributed by atoms with E-state index in [9.17, 15) is 4.79 Å². The monoisotopic (exact) mass is 336 g/mol. The van der Waals surface area contributed by atoms with Crippen LogP contribution in [0.25, 0.3) is 0 Å². The topological polar surface area (TPSA) is 32.3 Å². The molecule has 0 aliphatic rings. The number of amides is 1. The van der Waals surface area contributed by atoms with E-state index in [1.807, 2.05) is 38.4 Å². The van der Waals surface area contributed by atoms with E-state index < -0.39 is 0 Å². The number of rotatable bonds is 5. The zero-order chi connectivity index (χ0) is 16.1. The van der Waals surface area contributed by atoms with Gasteiger partial charge in [-0.25, -0.2) is 0 Å². The molecule has 0 aliphatic carbocycles. The molecule has 0 aliphatic heterocycles. The third-order valence-electron chi connectivity index (χ3n) is 3.18. The third-order valence-corrected chi connectivity index (χ3v) is 3.62. The molecule has 2 rings (SSSR count). The number of carbonyl (C=O) groups is 1. The maximum absolute atomic E-state index is 12.2. The molecule has 0 heterocycles. The summed E-state index contributed by atoms with van der Waals surface area (Å²) in [5.41, 5.74) is 2.42. The number of anilines is 1. The van der Waals surface area contributed by atoms with Gasteiger partial charge in [-0.05, 0) is 56.4 Å². The van der Waals surface area contributed by atoms with Crippen molar-refractivity contribution >= 4 is 34.8 Å². The fourth-order valence-corrected chi connectivity index (χ4v) is 2.52. The smallest absolute Gasteiger partial charge is 0.255 e. The summed E-state index contributed by atoms with van der Waals surface area (Å²) in [4.78, 5) is 14.3. The first-order valence-electron chi connectivity index (χ1n) is 6.95. The van der Waals surface area contributed by atoms with Gasteiger partial charge in [0.1, 0.15) is 0 Å². The molecule has 1 amide bonds. The van der Waals surface area contributed by atoms with Gasteiger partial charge in [0.05, 0.1) is 0 Å². The first-order chi connectivity index (χ1) is 10.4. The average molecular weight is 337 g/mol. The van der Waals surface area contributed by atoms with Crippen molar-refractivity contribution in [2.24, 2.45) is 0 Å². The van der Waals surface area contributed by atoms with Crippen molar-refractivity contribution < 1.29 is 4.79 Å². The molecule has 3 nitrogen and oxygen atoms in total. The molecule has 2 aromatic rings. The van der Waals surface area contributed by atoms with Gasteiger partial charge < -0.3 is 10.2 Å². The lowest BCUT2D eigenvalue weighted by atomic mass is 10.1. The molecular weight excluding hydrogens is 319 g/mol. The van der Waals surface area contributed by atoms with Crippen LogP contribution in [0, 0.1) is 0 Å². The van der Waals surface area contributed by atoms with Gasteiger partial charge in [0.25, 0.3) is 5.91 Å². The Morgan fingerprint density at radius 2 is 1.64 bits per heavy atom. The summed E-state index contributed by atoms with van der Waals surface area (Å²) in [7, 11) is 4.09. The molecule has 0 atom stereocenters. The van der Waals surface area contributed by atoms with Crippen LogP contribution in [-0.2, 0) is 6.42 Å². The number of halogens is 2. The van der Waals surface area contributed by atoms with Crippen LogP contribution in [0.5, 0.6) is 0 Å². The fourth-order valence-electron chi connectivity index (χ4n) is 2.00. The number of likely N-dealkylation sites (N-methyl/N-ethyl adjacent to an activating group) is 1. The minimum absolute atomic E-state index is 0.231. The first kappa shape index (κ1) is 16.8. The van der Waals surface area contributed by atoms with E-state index in [4.69, 9.17) is 23.2 Å². The Morgan fingerprint density at radius 3 is 2.18 bits per heavy atom. The summed E-state index contributed by atoms with van der Waals surface area (Å²) in [6.07, 6.45) is 0.977. The molecule has 0 fully saturated rings. The van der Waals surface area contributed by atoms with Crippen LogP contribution in [0.15, 0.2) is 42.5 Å². The van der Waals surface area contributed by atoms with E-state index in [2.05, 4.69) is 10.2 Å². The molecule has 0 unspecified atom stereocenters. The molecule has 0 radical (unpaired) electrons. The lowest BCUT2D eigenvalue weighted by Crippen LogP contribution is -2.15. The summed E-state index contributed by atoms with van der Waals surface area (Å²) in [5, 5.41) is 3.72. The van der Waals surface area contributed by atoms with Crippen molar-refractivity contribution in [3.8, 4) is 0 Å². The minimum Gasteiger partial charge on any atom is -0.322 e. The average Bonchev–Trinajstić information content (AvgIpc) is 2.45. The molecule has 0 spiro atoms. The van der Waals surface area contributed by atoms with Gasteiger partial charge in [0.15, 0.2) is 0 Å². The zero-order valence-corrected chi connectivity index (χ0v) is 14.1. The normalized spacial score (nSPS) is 10.8. The highest BCUT2D eigenvalue weighted by Gasteiger charge is 2.08. The second-order valence-electron chi connectivity index (χ2n) is 5.36. The molecule has 0 saturated heterocycles. The number of hydrogen-bond donors (Lipinski definition) is 1. The van der Waals surface area contributed by atoms with E-state index in [1.165, 1.54) is 5.56 Å². The number of nitrogens with one attached hydrogen (secondary N) is 1. The van der Waals surface area contributed by atoms with Gasteiger partial charge in [0.2, 0.25) is 0 Å². The van der Waals surface area contributed by atoms with Crippen molar-refractivity contribution in [3.05, 3.63) is 63.6 Å². The van der Waals surface area contributed by atoms with Gasteiger partial charge in [-0.1, -0.05) is 35.3 Å². The Morgan fingerprint density at radius 1 is 1.05 bits per heavy atom. The lowest BCUT2D eigenvalue weighted by molar-refractivity contribution is 0.102. The fraction of sp³-hybridized carbons (Fsp3) is 0.235. The van der Waals surface area contributed by atoms with Crippen LogP contribution in [0.1, 0.15) is 15.9 Å². The predicted molar refractivity (Wildman–Crippen MR) is 93.1 cm³/mol. The highest BCUT2D eigenvalue weighted by Crippen LogP contribution is 2.20. The Bertz CT molecular complexity index is 634. The molecular formula is C17H18Cl2N2O. The Hall–Kier alpha value is -1.55. The zero-order valence-electron chi connectivity index (χ0n) is 12.6. The molecule has 22 heavy (non-hydrogen) atoms. The minimum atomic E-state index is -0.231. The van der Waals surface area contributed by atoms with Crippen LogP contribution in [-0.4, -0.2) is 31.4 Å². The largest absolute Gasteiger partial charge is 0.322 e. The second kappa shape index (κ2) is 7.63. The third kappa shape index (κ3) is 5.02. The van der Waals surface area contributed by atoms with E-state index in [0.717, 1.165) is 18.7 Å². The quantitative estimate of drug-likeness (QED) is 0.880. The van der Waals surface area contributed by atoms with E-state index in [-0.39, 0.29) is 5.91 Å². The molecule has 5 heteroatoms. The highest BCUT2D eigenvalue weighted by molar-refractivity contribution is 6.35. The molecule has 0 bridgehead atoms. The summed E-state index contributed by atoms with van der Waals surface area (Å²) in [6.45, 7) is 0.993. The van der Waals surface area contributed by atoms with E-state index in [1.54, 1.807) is 18.2 Å². The molecule has 0 saturated carbocycles. The number of nitrogens with zero attached hydrogens (tertiary/aromatic N) is 1. The van der Waals surface area contributed by atoms with Crippen LogP contribution in [0.3, 0.4) is 0 Å². The van der Waals surface area contributed by atoms with Gasteiger partial charge >= 0.3 is 0 Å². The molecule has 2 aromatic carbocycles. The maximum Gasteiger partial charge on any atom is 0.255 e. The molecule has 1 N–H and O–H groups in total. The van der Waals surface area contributed by atoms with Crippen LogP contribution >= 0.6 is 23.2 Å². The first-order valence-corrected chi connectivity index (χ1v) is 7.71. The lowest BCUT2D eigenvalue weighted by Gasteiger charge is -2.10. The number of benzene rings is 2. The summed E-state index contributed by atoms with van der Waals surface area (Å²) in [5.74, 6) is -0.231. The summed E-state index contributed by atoms with van der Waals surface area (Å²) < 4.78 is 0. The Balaban J connectivity index is 2.02. The SMILES string of the molecule is CN(C)CCc1ccc(NC(=O)c2cc(Cl)cc(Cl)c2)cc1. The van der Waals surface area contributed by atoms with E-state index in [0.29, 0.717) is 15.6 Å². The number of carbonyl (C=O) groups excluding carboxylic acids is 1. The summed E-state index contributed by atoms with van der Waals surface area (Å²) >= 11 is 11.8. The van der Waals surface area contributed by atoms with E-state index >= 15 is 0 Å². The van der Waals surface area contributed by atoms with Gasteiger partial charge in [-0.15, -0.1) is 0 Å². The van der Waals surface area contributed by atoms with Crippen molar-refractivity contribution in [1.29, 1.82) is 0 Å². The molecule has 116 valence electrons. The van der Waals surface area contributed by atoms with Crippen molar-refractivity contribution in [2.75, 3.05) is 26.0 Å². The van der Waals surface area contributed by atoms with Crippen molar-refractivity contribution in [3.63, 3.8) is 0 Å². The Kier molecular flexibility index (Phi) is 5.83. The maximum atomic E-state index is 12.2. The van der Waals surface area contributed by atoms with Crippen LogP contribution < -0.4 is 5.32 Å². The Labute approximate surface area is 140 Å².